The fourth-order valence-electron chi connectivity index (χ4n) is 2.13. The summed E-state index contributed by atoms with van der Waals surface area (Å²) in [6, 6.07) is 0. The predicted octanol–water partition coefficient (Wildman–Crippen LogP) is -0.763. The number of carbonyl (C=O) groups is 2. The maximum atomic E-state index is 12.3. The smallest absolute Gasteiger partial charge is 0.305 e. The maximum Gasteiger partial charge on any atom is 0.305 e. The van der Waals surface area contributed by atoms with Crippen LogP contribution in [0.15, 0.2) is 0 Å². The molecule has 5 atom stereocenters. The molecule has 3 N–H and O–H groups in total. The summed E-state index contributed by atoms with van der Waals surface area (Å²) >= 11 is 0. The highest BCUT2D eigenvalue weighted by molar-refractivity contribution is 5.86. The number of hydrogen-bond donors (Lipinski definition) is 3. The fourth-order valence-corrected chi connectivity index (χ4v) is 2.13. The Morgan fingerprint density at radius 2 is 1.87 bits per heavy atom. The minimum absolute atomic E-state index is 0.0999. The van der Waals surface area contributed by atoms with Gasteiger partial charge in [-0.25, -0.2) is 0 Å². The van der Waals surface area contributed by atoms with E-state index in [0.717, 1.165) is 0 Å². The monoisotopic (exact) mass is 334 g/mol. The van der Waals surface area contributed by atoms with Crippen LogP contribution in [0.4, 0.5) is 0 Å². The number of aliphatic hydroxyl groups excluding tert-OH is 3. The molecule has 134 valence electrons. The van der Waals surface area contributed by atoms with Gasteiger partial charge in [-0.2, -0.15) is 0 Å². The number of hydrogen-bond acceptors (Lipinski definition) is 8. The van der Waals surface area contributed by atoms with E-state index >= 15 is 0 Å². The van der Waals surface area contributed by atoms with Crippen LogP contribution < -0.4 is 0 Å². The van der Waals surface area contributed by atoms with E-state index in [9.17, 15) is 24.9 Å². The van der Waals surface area contributed by atoms with Crippen molar-refractivity contribution >= 4 is 11.8 Å². The second kappa shape index (κ2) is 8.16. The van der Waals surface area contributed by atoms with E-state index in [-0.39, 0.29) is 31.3 Å². The van der Waals surface area contributed by atoms with E-state index in [1.54, 1.807) is 20.8 Å². The van der Waals surface area contributed by atoms with Crippen molar-refractivity contribution in [2.75, 3.05) is 20.3 Å². The van der Waals surface area contributed by atoms with E-state index in [1.807, 2.05) is 0 Å². The van der Waals surface area contributed by atoms with Crippen LogP contribution in [0.2, 0.25) is 0 Å². The van der Waals surface area contributed by atoms with Gasteiger partial charge in [-0.3, -0.25) is 9.59 Å². The second-order valence-corrected chi connectivity index (χ2v) is 6.39. The Kier molecular flexibility index (Phi) is 7.09. The summed E-state index contributed by atoms with van der Waals surface area (Å²) in [4.78, 5) is 23.7. The number of rotatable bonds is 7. The summed E-state index contributed by atoms with van der Waals surface area (Å²) < 4.78 is 14.9. The predicted molar refractivity (Wildman–Crippen MR) is 78.3 cm³/mol. The highest BCUT2D eigenvalue weighted by Gasteiger charge is 2.40. The molecule has 1 fully saturated rings. The molecule has 23 heavy (non-hydrogen) atoms. The van der Waals surface area contributed by atoms with Crippen molar-refractivity contribution in [2.24, 2.45) is 11.3 Å². The van der Waals surface area contributed by atoms with Crippen LogP contribution in [-0.4, -0.2) is 72.0 Å². The lowest BCUT2D eigenvalue weighted by Crippen LogP contribution is -2.54. The zero-order valence-electron chi connectivity index (χ0n) is 13.9. The van der Waals surface area contributed by atoms with Gasteiger partial charge in [0.15, 0.2) is 12.1 Å². The lowest BCUT2D eigenvalue weighted by atomic mass is 9.75. The molecule has 1 aliphatic heterocycles. The third-order valence-electron chi connectivity index (χ3n) is 4.48. The van der Waals surface area contributed by atoms with Crippen molar-refractivity contribution in [1.29, 1.82) is 0 Å². The number of ketones is 1. The summed E-state index contributed by atoms with van der Waals surface area (Å²) in [6.45, 7) is 4.62. The Bertz CT molecular complexity index is 422. The molecular weight excluding hydrogens is 308 g/mol. The van der Waals surface area contributed by atoms with Gasteiger partial charge in [-0.1, -0.05) is 20.8 Å². The lowest BCUT2D eigenvalue weighted by molar-refractivity contribution is -0.268. The number of Topliss-reactive ketones (excluding diaryl/α,β-unsaturated/α-hetero) is 1. The average Bonchev–Trinajstić information content (AvgIpc) is 2.51. The number of aliphatic hydroxyl groups is 3. The topological polar surface area (TPSA) is 123 Å². The molecule has 0 aromatic heterocycles. The molecular formula is C15H26O8. The summed E-state index contributed by atoms with van der Waals surface area (Å²) in [5, 5.41) is 28.7. The van der Waals surface area contributed by atoms with E-state index in [4.69, 9.17) is 9.47 Å². The first kappa shape index (κ1) is 20.0. The molecule has 0 bridgehead atoms. The van der Waals surface area contributed by atoms with E-state index in [2.05, 4.69) is 4.74 Å². The Morgan fingerprint density at radius 1 is 1.26 bits per heavy atom. The molecule has 1 saturated heterocycles. The van der Waals surface area contributed by atoms with Gasteiger partial charge in [0, 0.05) is 11.8 Å². The number of esters is 1. The van der Waals surface area contributed by atoms with E-state index in [0.29, 0.717) is 0 Å². The maximum absolute atomic E-state index is 12.3. The highest BCUT2D eigenvalue weighted by Crippen LogP contribution is 2.31. The number of ether oxygens (including phenoxy) is 3. The molecule has 5 unspecified atom stereocenters. The van der Waals surface area contributed by atoms with Crippen molar-refractivity contribution in [3.05, 3.63) is 0 Å². The Morgan fingerprint density at radius 3 is 2.43 bits per heavy atom. The van der Waals surface area contributed by atoms with Crippen molar-refractivity contribution < 1.29 is 39.1 Å². The first-order valence-corrected chi connectivity index (χ1v) is 7.48. The molecule has 8 nitrogen and oxygen atoms in total. The van der Waals surface area contributed by atoms with Gasteiger partial charge < -0.3 is 29.5 Å². The second-order valence-electron chi connectivity index (χ2n) is 6.39. The van der Waals surface area contributed by atoms with Crippen LogP contribution in [-0.2, 0) is 23.8 Å². The van der Waals surface area contributed by atoms with Crippen LogP contribution >= 0.6 is 0 Å². The molecule has 0 aromatic rings. The number of methoxy groups -OCH3 is 1. The Labute approximate surface area is 135 Å². The third-order valence-corrected chi connectivity index (χ3v) is 4.48. The first-order valence-electron chi connectivity index (χ1n) is 7.48. The van der Waals surface area contributed by atoms with Gasteiger partial charge in [-0.05, 0) is 5.92 Å². The molecule has 0 saturated carbocycles. The van der Waals surface area contributed by atoms with Crippen LogP contribution in [0.1, 0.15) is 27.2 Å². The van der Waals surface area contributed by atoms with Crippen LogP contribution in [0.5, 0.6) is 0 Å². The normalized spacial score (nSPS) is 29.9. The minimum Gasteiger partial charge on any atom is -0.469 e. The minimum atomic E-state index is -1.44. The molecule has 0 spiro atoms. The van der Waals surface area contributed by atoms with Gasteiger partial charge in [0.25, 0.3) is 0 Å². The van der Waals surface area contributed by atoms with Crippen LogP contribution in [0.3, 0.4) is 0 Å². The highest BCUT2D eigenvalue weighted by atomic mass is 16.7. The SMILES string of the molecule is COC(=O)CC(C)C(C)(C)C(=O)COC1OCC(O)C(O)C1O. The summed E-state index contributed by atoms with van der Waals surface area (Å²) in [7, 11) is 1.29. The zero-order chi connectivity index (χ0) is 17.8. The van der Waals surface area contributed by atoms with Crippen molar-refractivity contribution in [1.82, 2.24) is 0 Å². The fraction of sp³-hybridized carbons (Fsp3) is 0.867. The van der Waals surface area contributed by atoms with Crippen LogP contribution in [0.25, 0.3) is 0 Å². The summed E-state index contributed by atoms with van der Waals surface area (Å²) in [5.41, 5.74) is -0.841. The largest absolute Gasteiger partial charge is 0.469 e. The standard InChI is InChI=1S/C15H26O8/c1-8(5-11(18)21-4)15(2,3)10(17)7-23-14-13(20)12(19)9(16)6-22-14/h8-9,12-14,16,19-20H,5-7H2,1-4H3. The van der Waals surface area contributed by atoms with Gasteiger partial charge in [-0.15, -0.1) is 0 Å². The molecule has 0 amide bonds. The van der Waals surface area contributed by atoms with Gasteiger partial charge in [0.1, 0.15) is 24.9 Å². The molecule has 0 aromatic carbocycles. The van der Waals surface area contributed by atoms with E-state index < -0.39 is 36.0 Å². The van der Waals surface area contributed by atoms with Crippen molar-refractivity contribution in [3.8, 4) is 0 Å². The Balaban J connectivity index is 2.56. The Hall–Kier alpha value is -1.06. The van der Waals surface area contributed by atoms with Crippen LogP contribution in [0, 0.1) is 11.3 Å². The van der Waals surface area contributed by atoms with Crippen molar-refractivity contribution in [2.45, 2.75) is 51.8 Å². The third kappa shape index (κ3) is 4.95. The zero-order valence-corrected chi connectivity index (χ0v) is 13.9. The average molecular weight is 334 g/mol. The van der Waals surface area contributed by atoms with E-state index in [1.165, 1.54) is 7.11 Å². The molecule has 1 heterocycles. The molecule has 0 aliphatic carbocycles. The molecule has 1 rings (SSSR count). The van der Waals surface area contributed by atoms with Gasteiger partial charge in [0.05, 0.1) is 13.7 Å². The quantitative estimate of drug-likeness (QED) is 0.519. The van der Waals surface area contributed by atoms with Gasteiger partial charge >= 0.3 is 5.97 Å². The molecule has 0 radical (unpaired) electrons. The summed E-state index contributed by atoms with van der Waals surface area (Å²) in [5.74, 6) is -0.941. The van der Waals surface area contributed by atoms with Gasteiger partial charge in [0.2, 0.25) is 0 Å². The molecule has 8 heteroatoms. The number of carbonyl (C=O) groups excluding carboxylic acids is 2. The first-order chi connectivity index (χ1) is 10.6. The molecule has 1 aliphatic rings. The van der Waals surface area contributed by atoms with Crippen molar-refractivity contribution in [3.63, 3.8) is 0 Å². The lowest BCUT2D eigenvalue weighted by Gasteiger charge is -2.35. The summed E-state index contributed by atoms with van der Waals surface area (Å²) in [6.07, 6.45) is -5.12.